The van der Waals surface area contributed by atoms with E-state index in [0.29, 0.717) is 17.8 Å². The van der Waals surface area contributed by atoms with Gasteiger partial charge in [0.05, 0.1) is 13.5 Å². The van der Waals surface area contributed by atoms with Crippen LogP contribution >= 0.6 is 0 Å². The molecule has 1 N–H and O–H groups in total. The smallest absolute Gasteiger partial charge is 0.226 e. The summed E-state index contributed by atoms with van der Waals surface area (Å²) < 4.78 is 10.5. The van der Waals surface area contributed by atoms with E-state index in [0.717, 1.165) is 22.3 Å². The Morgan fingerprint density at radius 2 is 2.09 bits per heavy atom. The summed E-state index contributed by atoms with van der Waals surface area (Å²) in [5.41, 5.74) is 3.39. The molecule has 0 bridgehead atoms. The summed E-state index contributed by atoms with van der Waals surface area (Å²) in [4.78, 5) is 12.2. The van der Waals surface area contributed by atoms with E-state index in [2.05, 4.69) is 10.5 Å². The molecule has 0 saturated heterocycles. The Kier molecular flexibility index (Phi) is 4.28. The Labute approximate surface area is 134 Å². The fraction of sp³-hybridized carbons (Fsp3) is 0.222. The molecule has 0 spiro atoms. The van der Waals surface area contributed by atoms with Crippen LogP contribution in [0.2, 0.25) is 0 Å². The highest BCUT2D eigenvalue weighted by atomic mass is 16.5. The molecule has 23 heavy (non-hydrogen) atoms. The number of hydrogen-bond acceptors (Lipinski definition) is 4. The first-order valence-electron chi connectivity index (χ1n) is 7.41. The monoisotopic (exact) mass is 310 g/mol. The first kappa shape index (κ1) is 15.1. The Morgan fingerprint density at radius 1 is 1.26 bits per heavy atom. The predicted molar refractivity (Wildman–Crippen MR) is 87.3 cm³/mol. The van der Waals surface area contributed by atoms with Gasteiger partial charge in [-0.3, -0.25) is 4.79 Å². The average Bonchev–Trinajstić information content (AvgIpc) is 2.95. The fourth-order valence-electron chi connectivity index (χ4n) is 2.49. The third kappa shape index (κ3) is 3.34. The van der Waals surface area contributed by atoms with Crippen molar-refractivity contribution < 1.29 is 14.1 Å². The molecule has 0 fully saturated rings. The normalized spacial score (nSPS) is 10.7. The molecule has 0 saturated carbocycles. The molecule has 118 valence electrons. The lowest BCUT2D eigenvalue weighted by molar-refractivity contribution is -0.120. The van der Waals surface area contributed by atoms with Crippen molar-refractivity contribution in [3.05, 3.63) is 59.3 Å². The number of aromatic nitrogens is 1. The van der Waals surface area contributed by atoms with E-state index in [1.807, 2.05) is 49.4 Å². The van der Waals surface area contributed by atoms with Crippen molar-refractivity contribution in [2.75, 3.05) is 7.11 Å². The molecule has 5 nitrogen and oxygen atoms in total. The van der Waals surface area contributed by atoms with E-state index < -0.39 is 0 Å². The number of aryl methyl sites for hydroxylation is 1. The lowest BCUT2D eigenvalue weighted by atomic mass is 10.1. The van der Waals surface area contributed by atoms with Gasteiger partial charge in [-0.05, 0) is 25.1 Å². The second-order valence-electron chi connectivity index (χ2n) is 5.39. The third-order valence-electron chi connectivity index (χ3n) is 3.70. The van der Waals surface area contributed by atoms with E-state index >= 15 is 0 Å². The number of amides is 1. The molecule has 0 aliphatic carbocycles. The summed E-state index contributed by atoms with van der Waals surface area (Å²) in [6.07, 6.45) is 0.186. The number of benzene rings is 2. The Balaban J connectivity index is 1.68. The number of rotatable bonds is 5. The van der Waals surface area contributed by atoms with Gasteiger partial charge in [-0.1, -0.05) is 35.0 Å². The summed E-state index contributed by atoms with van der Waals surface area (Å²) >= 11 is 0. The largest absolute Gasteiger partial charge is 0.496 e. The molecule has 0 aliphatic rings. The molecule has 0 unspecified atom stereocenters. The highest BCUT2D eigenvalue weighted by Crippen LogP contribution is 2.20. The Morgan fingerprint density at radius 3 is 2.91 bits per heavy atom. The van der Waals surface area contributed by atoms with Gasteiger partial charge in [0.15, 0.2) is 5.58 Å². The average molecular weight is 310 g/mol. The highest BCUT2D eigenvalue weighted by molar-refractivity contribution is 5.86. The standard InChI is InChI=1S/C18H18N2O3/c1-12-7-8-17-14(9-12)15(20-23-17)10-18(21)19-11-13-5-3-4-6-16(13)22-2/h3-9H,10-11H2,1-2H3,(H,19,21). The number of carbonyl (C=O) groups excluding carboxylic acids is 1. The summed E-state index contributed by atoms with van der Waals surface area (Å²) in [5.74, 6) is 0.655. The van der Waals surface area contributed by atoms with E-state index in [1.54, 1.807) is 7.11 Å². The number of carbonyl (C=O) groups is 1. The number of nitrogens with zero attached hydrogens (tertiary/aromatic N) is 1. The maximum absolute atomic E-state index is 12.2. The Bertz CT molecular complexity index is 839. The first-order chi connectivity index (χ1) is 11.2. The van der Waals surface area contributed by atoms with Crippen molar-refractivity contribution in [3.8, 4) is 5.75 Å². The van der Waals surface area contributed by atoms with E-state index in [9.17, 15) is 4.79 Å². The van der Waals surface area contributed by atoms with Gasteiger partial charge >= 0.3 is 0 Å². The zero-order valence-electron chi connectivity index (χ0n) is 13.1. The van der Waals surface area contributed by atoms with Crippen molar-refractivity contribution in [2.45, 2.75) is 19.9 Å². The second kappa shape index (κ2) is 6.52. The molecular formula is C18H18N2O3. The topological polar surface area (TPSA) is 64.4 Å². The van der Waals surface area contributed by atoms with Crippen LogP contribution in [0.15, 0.2) is 47.0 Å². The minimum absolute atomic E-state index is 0.104. The van der Waals surface area contributed by atoms with Crippen LogP contribution in [0.1, 0.15) is 16.8 Å². The molecule has 5 heteroatoms. The zero-order valence-corrected chi connectivity index (χ0v) is 13.1. The van der Waals surface area contributed by atoms with Crippen LogP contribution in [0.25, 0.3) is 11.0 Å². The maximum atomic E-state index is 12.2. The fourth-order valence-corrected chi connectivity index (χ4v) is 2.49. The zero-order chi connectivity index (χ0) is 16.2. The molecule has 1 heterocycles. The van der Waals surface area contributed by atoms with Crippen LogP contribution < -0.4 is 10.1 Å². The van der Waals surface area contributed by atoms with Crippen molar-refractivity contribution in [2.24, 2.45) is 0 Å². The second-order valence-corrected chi connectivity index (χ2v) is 5.39. The minimum atomic E-state index is -0.104. The van der Waals surface area contributed by atoms with Crippen molar-refractivity contribution in [1.29, 1.82) is 0 Å². The highest BCUT2D eigenvalue weighted by Gasteiger charge is 2.13. The number of methoxy groups -OCH3 is 1. The van der Waals surface area contributed by atoms with E-state index in [1.165, 1.54) is 0 Å². The lowest BCUT2D eigenvalue weighted by Gasteiger charge is -2.09. The van der Waals surface area contributed by atoms with E-state index in [-0.39, 0.29) is 12.3 Å². The van der Waals surface area contributed by atoms with Crippen LogP contribution in [-0.2, 0) is 17.8 Å². The number of para-hydroxylation sites is 1. The Hall–Kier alpha value is -2.82. The number of ether oxygens (including phenoxy) is 1. The molecule has 1 amide bonds. The number of fused-ring (bicyclic) bond motifs is 1. The van der Waals surface area contributed by atoms with Gasteiger partial charge in [0.2, 0.25) is 5.91 Å². The SMILES string of the molecule is COc1ccccc1CNC(=O)Cc1noc2ccc(C)cc12. The third-order valence-corrected chi connectivity index (χ3v) is 3.70. The molecule has 0 atom stereocenters. The first-order valence-corrected chi connectivity index (χ1v) is 7.41. The summed E-state index contributed by atoms with van der Waals surface area (Å²) in [5, 5.41) is 7.78. The van der Waals surface area contributed by atoms with Gasteiger partial charge in [0.25, 0.3) is 0 Å². The van der Waals surface area contributed by atoms with Gasteiger partial charge in [-0.25, -0.2) is 0 Å². The number of nitrogens with one attached hydrogen (secondary N) is 1. The maximum Gasteiger partial charge on any atom is 0.226 e. The van der Waals surface area contributed by atoms with Gasteiger partial charge in [0, 0.05) is 17.5 Å². The van der Waals surface area contributed by atoms with Crippen molar-refractivity contribution >= 4 is 16.9 Å². The molecule has 0 radical (unpaired) electrons. The van der Waals surface area contributed by atoms with E-state index in [4.69, 9.17) is 9.26 Å². The predicted octanol–water partition coefficient (Wildman–Crippen LogP) is 3.00. The van der Waals surface area contributed by atoms with Gasteiger partial charge in [0.1, 0.15) is 11.4 Å². The van der Waals surface area contributed by atoms with Crippen LogP contribution in [-0.4, -0.2) is 18.2 Å². The minimum Gasteiger partial charge on any atom is -0.496 e. The molecule has 1 aromatic heterocycles. The van der Waals surface area contributed by atoms with Gasteiger partial charge < -0.3 is 14.6 Å². The van der Waals surface area contributed by atoms with Crippen molar-refractivity contribution in [1.82, 2.24) is 10.5 Å². The van der Waals surface area contributed by atoms with Crippen LogP contribution in [0.5, 0.6) is 5.75 Å². The molecule has 3 rings (SSSR count). The molecule has 3 aromatic rings. The van der Waals surface area contributed by atoms with Gasteiger partial charge in [-0.15, -0.1) is 0 Å². The van der Waals surface area contributed by atoms with Crippen LogP contribution in [0.3, 0.4) is 0 Å². The summed E-state index contributed by atoms with van der Waals surface area (Å²) in [6, 6.07) is 13.4. The molecule has 0 aliphatic heterocycles. The van der Waals surface area contributed by atoms with Crippen molar-refractivity contribution in [3.63, 3.8) is 0 Å². The van der Waals surface area contributed by atoms with Crippen LogP contribution in [0.4, 0.5) is 0 Å². The lowest BCUT2D eigenvalue weighted by Crippen LogP contribution is -2.25. The summed E-state index contributed by atoms with van der Waals surface area (Å²) in [6.45, 7) is 2.41. The summed E-state index contributed by atoms with van der Waals surface area (Å²) in [7, 11) is 1.62. The molecular weight excluding hydrogens is 292 g/mol. The quantitative estimate of drug-likeness (QED) is 0.787. The molecule has 2 aromatic carbocycles. The number of hydrogen-bond donors (Lipinski definition) is 1. The van der Waals surface area contributed by atoms with Gasteiger partial charge in [-0.2, -0.15) is 0 Å². The van der Waals surface area contributed by atoms with Crippen LogP contribution in [0, 0.1) is 6.92 Å².